The largest absolute Gasteiger partial charge is 0.497 e. The van der Waals surface area contributed by atoms with E-state index in [1.54, 1.807) is 6.07 Å². The van der Waals surface area contributed by atoms with E-state index in [0.717, 1.165) is 0 Å². The summed E-state index contributed by atoms with van der Waals surface area (Å²) in [6.45, 7) is 0. The topological polar surface area (TPSA) is 38.3 Å². The summed E-state index contributed by atoms with van der Waals surface area (Å²) in [7, 11) is 1.44. The van der Waals surface area contributed by atoms with Crippen LogP contribution in [0.5, 0.6) is 5.75 Å². The highest BCUT2D eigenvalue weighted by atomic mass is 35.5. The van der Waals surface area contributed by atoms with Gasteiger partial charge in [-0.1, -0.05) is 0 Å². The molecule has 0 aliphatic rings. The third-order valence-corrected chi connectivity index (χ3v) is 1.81. The van der Waals surface area contributed by atoms with Crippen LogP contribution in [0.1, 0.15) is 0 Å². The molecule has 0 aliphatic heterocycles. The van der Waals surface area contributed by atoms with Crippen LogP contribution >= 0.6 is 11.6 Å². The number of carbonyl (C=O) groups excluding carboxylic acids is 1. The summed E-state index contributed by atoms with van der Waals surface area (Å²) in [4.78, 5) is 10.8. The second kappa shape index (κ2) is 4.81. The molecular weight excluding hydrogens is 209 g/mol. The van der Waals surface area contributed by atoms with Gasteiger partial charge in [-0.3, -0.25) is 4.79 Å². The summed E-state index contributed by atoms with van der Waals surface area (Å²) in [6, 6.07) is 4.15. The van der Waals surface area contributed by atoms with Gasteiger partial charge in [0, 0.05) is 6.07 Å². The fourth-order valence-corrected chi connectivity index (χ4v) is 0.975. The quantitative estimate of drug-likeness (QED) is 0.787. The maximum absolute atomic E-state index is 13.2. The minimum Gasteiger partial charge on any atom is -0.497 e. The Hall–Kier alpha value is -1.29. The third-order valence-electron chi connectivity index (χ3n) is 1.57. The van der Waals surface area contributed by atoms with Gasteiger partial charge in [-0.15, -0.1) is 11.6 Å². The first kappa shape index (κ1) is 10.8. The first-order chi connectivity index (χ1) is 6.67. The number of nitrogens with one attached hydrogen (secondary N) is 1. The molecule has 5 heteroatoms. The Morgan fingerprint density at radius 2 is 2.36 bits per heavy atom. The molecule has 0 heterocycles. The molecule has 0 bridgehead atoms. The lowest BCUT2D eigenvalue weighted by molar-refractivity contribution is -0.113. The zero-order valence-corrected chi connectivity index (χ0v) is 8.27. The number of ether oxygens (including phenoxy) is 1. The summed E-state index contributed by atoms with van der Waals surface area (Å²) in [6.07, 6.45) is 0. The van der Waals surface area contributed by atoms with E-state index in [1.807, 2.05) is 0 Å². The van der Waals surface area contributed by atoms with Gasteiger partial charge in [-0.25, -0.2) is 4.39 Å². The Balaban J connectivity index is 2.83. The van der Waals surface area contributed by atoms with Crippen molar-refractivity contribution in [2.24, 2.45) is 0 Å². The molecular formula is C9H9ClFNO2. The molecule has 76 valence electrons. The molecule has 0 aliphatic carbocycles. The second-order valence-electron chi connectivity index (χ2n) is 2.53. The maximum atomic E-state index is 13.2. The van der Waals surface area contributed by atoms with E-state index in [-0.39, 0.29) is 11.6 Å². The van der Waals surface area contributed by atoms with Gasteiger partial charge < -0.3 is 10.1 Å². The van der Waals surface area contributed by atoms with Gasteiger partial charge in [0.05, 0.1) is 12.8 Å². The Labute approximate surface area is 85.8 Å². The molecule has 0 fully saturated rings. The van der Waals surface area contributed by atoms with Crippen molar-refractivity contribution in [3.63, 3.8) is 0 Å². The highest BCUT2D eigenvalue weighted by Gasteiger charge is 2.06. The molecule has 0 unspecified atom stereocenters. The second-order valence-corrected chi connectivity index (χ2v) is 2.79. The third kappa shape index (κ3) is 2.60. The van der Waals surface area contributed by atoms with Crippen LogP contribution in [0.25, 0.3) is 0 Å². The number of alkyl halides is 1. The van der Waals surface area contributed by atoms with Gasteiger partial charge in [0.15, 0.2) is 0 Å². The van der Waals surface area contributed by atoms with Gasteiger partial charge in [-0.2, -0.15) is 0 Å². The first-order valence-electron chi connectivity index (χ1n) is 3.86. The molecule has 1 aromatic carbocycles. The van der Waals surface area contributed by atoms with Crippen molar-refractivity contribution < 1.29 is 13.9 Å². The highest BCUT2D eigenvalue weighted by molar-refractivity contribution is 6.29. The van der Waals surface area contributed by atoms with Crippen LogP contribution in [0.3, 0.4) is 0 Å². The standard InChI is InChI=1S/C9H9ClFNO2/c1-14-6-2-3-8(7(11)4-6)12-9(13)5-10/h2-4H,5H2,1H3,(H,12,13). The number of halogens is 2. The Morgan fingerprint density at radius 1 is 1.64 bits per heavy atom. The smallest absolute Gasteiger partial charge is 0.239 e. The lowest BCUT2D eigenvalue weighted by Gasteiger charge is -2.05. The molecule has 1 rings (SSSR count). The molecule has 0 atom stereocenters. The summed E-state index contributed by atoms with van der Waals surface area (Å²) in [5, 5.41) is 2.31. The molecule has 14 heavy (non-hydrogen) atoms. The molecule has 1 aromatic rings. The summed E-state index contributed by atoms with van der Waals surface area (Å²) in [5.41, 5.74) is 0.0939. The summed E-state index contributed by atoms with van der Waals surface area (Å²) >= 11 is 5.25. The van der Waals surface area contributed by atoms with Crippen LogP contribution in [0.4, 0.5) is 10.1 Å². The molecule has 1 amide bonds. The van der Waals surface area contributed by atoms with Gasteiger partial charge in [0.1, 0.15) is 17.4 Å². The fraction of sp³-hybridized carbons (Fsp3) is 0.222. The van der Waals surface area contributed by atoms with E-state index in [2.05, 4.69) is 5.32 Å². The zero-order valence-electron chi connectivity index (χ0n) is 7.51. The molecule has 3 nitrogen and oxygen atoms in total. The van der Waals surface area contributed by atoms with Crippen LogP contribution in [0, 0.1) is 5.82 Å². The van der Waals surface area contributed by atoms with E-state index in [0.29, 0.717) is 5.75 Å². The van der Waals surface area contributed by atoms with Crippen molar-refractivity contribution in [2.75, 3.05) is 18.3 Å². The lowest BCUT2D eigenvalue weighted by Crippen LogP contribution is -2.13. The SMILES string of the molecule is COc1ccc(NC(=O)CCl)c(F)c1. The van der Waals surface area contributed by atoms with Crippen LogP contribution in [-0.4, -0.2) is 18.9 Å². The number of benzene rings is 1. The minimum atomic E-state index is -0.553. The average Bonchev–Trinajstić information content (AvgIpc) is 2.20. The Morgan fingerprint density at radius 3 is 2.86 bits per heavy atom. The van der Waals surface area contributed by atoms with Crippen molar-refractivity contribution in [1.29, 1.82) is 0 Å². The number of rotatable bonds is 3. The molecule has 0 aromatic heterocycles. The van der Waals surface area contributed by atoms with E-state index in [1.165, 1.54) is 19.2 Å². The van der Waals surface area contributed by atoms with Crippen molar-refractivity contribution in [3.8, 4) is 5.75 Å². The molecule has 0 spiro atoms. The fourth-order valence-electron chi connectivity index (χ4n) is 0.908. The van der Waals surface area contributed by atoms with E-state index in [4.69, 9.17) is 16.3 Å². The van der Waals surface area contributed by atoms with Crippen molar-refractivity contribution >= 4 is 23.2 Å². The van der Waals surface area contributed by atoms with E-state index in [9.17, 15) is 9.18 Å². The van der Waals surface area contributed by atoms with Crippen molar-refractivity contribution in [1.82, 2.24) is 0 Å². The van der Waals surface area contributed by atoms with E-state index < -0.39 is 11.7 Å². The Kier molecular flexibility index (Phi) is 3.71. The van der Waals surface area contributed by atoms with Crippen LogP contribution in [-0.2, 0) is 4.79 Å². The number of amides is 1. The number of anilines is 1. The predicted octanol–water partition coefficient (Wildman–Crippen LogP) is 2.01. The monoisotopic (exact) mass is 217 g/mol. The molecule has 0 saturated heterocycles. The first-order valence-corrected chi connectivity index (χ1v) is 4.40. The summed E-state index contributed by atoms with van der Waals surface area (Å²) < 4.78 is 18.0. The number of hydrogen-bond donors (Lipinski definition) is 1. The zero-order chi connectivity index (χ0) is 10.6. The molecule has 0 saturated carbocycles. The maximum Gasteiger partial charge on any atom is 0.239 e. The molecule has 1 N–H and O–H groups in total. The van der Waals surface area contributed by atoms with Crippen LogP contribution < -0.4 is 10.1 Å². The van der Waals surface area contributed by atoms with Crippen molar-refractivity contribution in [2.45, 2.75) is 0 Å². The van der Waals surface area contributed by atoms with Gasteiger partial charge >= 0.3 is 0 Å². The molecule has 0 radical (unpaired) electrons. The van der Waals surface area contributed by atoms with E-state index >= 15 is 0 Å². The summed E-state index contributed by atoms with van der Waals surface area (Å²) in [5.74, 6) is -0.809. The van der Waals surface area contributed by atoms with Gasteiger partial charge in [0.2, 0.25) is 5.91 Å². The van der Waals surface area contributed by atoms with Crippen molar-refractivity contribution in [3.05, 3.63) is 24.0 Å². The van der Waals surface area contributed by atoms with Gasteiger partial charge in [0.25, 0.3) is 0 Å². The number of methoxy groups -OCH3 is 1. The van der Waals surface area contributed by atoms with Crippen LogP contribution in [0.2, 0.25) is 0 Å². The Bertz CT molecular complexity index is 344. The lowest BCUT2D eigenvalue weighted by atomic mass is 10.3. The van der Waals surface area contributed by atoms with Crippen LogP contribution in [0.15, 0.2) is 18.2 Å². The minimum absolute atomic E-state index is 0.0939. The number of hydrogen-bond acceptors (Lipinski definition) is 2. The average molecular weight is 218 g/mol. The van der Waals surface area contributed by atoms with Gasteiger partial charge in [-0.05, 0) is 12.1 Å². The predicted molar refractivity (Wildman–Crippen MR) is 52.3 cm³/mol. The highest BCUT2D eigenvalue weighted by Crippen LogP contribution is 2.20. The number of carbonyl (C=O) groups is 1. The normalized spacial score (nSPS) is 9.64.